The minimum Gasteiger partial charge on any atom is -0.0988 e. The Labute approximate surface area is 101 Å². The van der Waals surface area contributed by atoms with Gasteiger partial charge in [0.05, 0.1) is 0 Å². The largest absolute Gasteiger partial charge is 0.0988 e. The highest BCUT2D eigenvalue weighted by Crippen LogP contribution is 1.97. The maximum atomic E-state index is 3.97. The zero-order valence-electron chi connectivity index (χ0n) is 11.5. The van der Waals surface area contributed by atoms with Crippen molar-refractivity contribution in [1.82, 2.24) is 0 Å². The summed E-state index contributed by atoms with van der Waals surface area (Å²) >= 11 is 0. The van der Waals surface area contributed by atoms with Crippen molar-refractivity contribution in [3.63, 3.8) is 0 Å². The molecule has 0 saturated carbocycles. The Morgan fingerprint density at radius 3 is 2.00 bits per heavy atom. The van der Waals surface area contributed by atoms with E-state index in [9.17, 15) is 0 Å². The summed E-state index contributed by atoms with van der Waals surface area (Å²) in [6, 6.07) is 8.14. The van der Waals surface area contributed by atoms with Crippen LogP contribution < -0.4 is 10.4 Å². The van der Waals surface area contributed by atoms with Crippen LogP contribution in [0.4, 0.5) is 0 Å². The van der Waals surface area contributed by atoms with Crippen molar-refractivity contribution >= 4 is 12.2 Å². The standard InChI is InChI=1S/C12H14.2C2H6/c1-4-11(5-2)12-9-7-6-8-10(12)3;2*1-2/h4,6-9H,1,3,5H2,2H3;2*1-2H3/b12-11+;;. The molecule has 1 rings (SSSR count). The quantitative estimate of drug-likeness (QED) is 0.706. The van der Waals surface area contributed by atoms with Gasteiger partial charge in [-0.3, -0.25) is 0 Å². The molecule has 1 aromatic carbocycles. The van der Waals surface area contributed by atoms with Crippen LogP contribution in [0.2, 0.25) is 0 Å². The summed E-state index contributed by atoms with van der Waals surface area (Å²) in [5.41, 5.74) is 1.26. The predicted octanol–water partition coefficient (Wildman–Crippen LogP) is 3.90. The molecular weight excluding hydrogens is 192 g/mol. The van der Waals surface area contributed by atoms with E-state index < -0.39 is 0 Å². The Hall–Kier alpha value is -1.30. The Kier molecular flexibility index (Phi) is 12.6. The molecule has 16 heavy (non-hydrogen) atoms. The first-order valence-electron chi connectivity index (χ1n) is 6.19. The third-order valence-electron chi connectivity index (χ3n) is 1.99. The van der Waals surface area contributed by atoms with Gasteiger partial charge in [0, 0.05) is 0 Å². The van der Waals surface area contributed by atoms with Gasteiger partial charge in [-0.1, -0.05) is 78.1 Å². The van der Waals surface area contributed by atoms with Gasteiger partial charge in [-0.05, 0) is 22.4 Å². The fraction of sp³-hybridized carbons (Fsp3) is 0.375. The average molecular weight is 218 g/mol. The van der Waals surface area contributed by atoms with Gasteiger partial charge < -0.3 is 0 Å². The monoisotopic (exact) mass is 218 g/mol. The number of allylic oxidation sites excluding steroid dienone is 1. The molecule has 0 heterocycles. The second-order valence-electron chi connectivity index (χ2n) is 2.74. The van der Waals surface area contributed by atoms with E-state index in [0.29, 0.717) is 0 Å². The first-order valence-corrected chi connectivity index (χ1v) is 6.19. The van der Waals surface area contributed by atoms with E-state index in [4.69, 9.17) is 0 Å². The lowest BCUT2D eigenvalue weighted by Gasteiger charge is -1.96. The molecule has 0 amide bonds. The van der Waals surface area contributed by atoms with Gasteiger partial charge in [-0.25, -0.2) is 0 Å². The van der Waals surface area contributed by atoms with Gasteiger partial charge in [-0.15, -0.1) is 0 Å². The van der Waals surface area contributed by atoms with Crippen LogP contribution in [-0.4, -0.2) is 0 Å². The molecule has 0 spiro atoms. The highest BCUT2D eigenvalue weighted by Gasteiger charge is 1.88. The van der Waals surface area contributed by atoms with E-state index in [2.05, 4.69) is 26.1 Å². The molecule has 0 unspecified atom stereocenters. The van der Waals surface area contributed by atoms with Crippen molar-refractivity contribution in [2.24, 2.45) is 0 Å². The molecule has 0 fully saturated rings. The maximum Gasteiger partial charge on any atom is -0.0158 e. The summed E-state index contributed by atoms with van der Waals surface area (Å²) < 4.78 is 0. The highest BCUT2D eigenvalue weighted by atomic mass is 13.9. The van der Waals surface area contributed by atoms with Crippen molar-refractivity contribution in [3.05, 3.63) is 47.4 Å². The zero-order chi connectivity index (χ0) is 13.0. The second kappa shape index (κ2) is 11.8. The van der Waals surface area contributed by atoms with Crippen LogP contribution in [0.1, 0.15) is 41.0 Å². The van der Waals surface area contributed by atoms with Gasteiger partial charge in [0.25, 0.3) is 0 Å². The zero-order valence-corrected chi connectivity index (χ0v) is 11.5. The molecule has 0 aliphatic rings. The van der Waals surface area contributed by atoms with Crippen LogP contribution in [0.15, 0.2) is 36.9 Å². The van der Waals surface area contributed by atoms with Crippen LogP contribution in [0.3, 0.4) is 0 Å². The van der Waals surface area contributed by atoms with E-state index in [1.807, 2.05) is 52.0 Å². The van der Waals surface area contributed by atoms with Crippen molar-refractivity contribution in [2.75, 3.05) is 0 Å². The lowest BCUT2D eigenvalue weighted by molar-refractivity contribution is 1.23. The fourth-order valence-corrected chi connectivity index (χ4v) is 1.28. The highest BCUT2D eigenvalue weighted by molar-refractivity contribution is 5.55. The van der Waals surface area contributed by atoms with E-state index >= 15 is 0 Å². The Balaban J connectivity index is 0. The SMILES string of the molecule is C=C/C(CC)=c1/ccccc1=C.CC.CC. The lowest BCUT2D eigenvalue weighted by Crippen LogP contribution is -2.24. The third-order valence-corrected chi connectivity index (χ3v) is 1.99. The molecule has 90 valence electrons. The second-order valence-corrected chi connectivity index (χ2v) is 2.74. The minimum atomic E-state index is 1.01. The average Bonchev–Trinajstić information content (AvgIpc) is 2.38. The van der Waals surface area contributed by atoms with Crippen molar-refractivity contribution in [3.8, 4) is 0 Å². The fourth-order valence-electron chi connectivity index (χ4n) is 1.28. The Morgan fingerprint density at radius 1 is 1.12 bits per heavy atom. The molecule has 0 bridgehead atoms. The molecule has 0 aromatic heterocycles. The topological polar surface area (TPSA) is 0 Å². The van der Waals surface area contributed by atoms with Crippen molar-refractivity contribution < 1.29 is 0 Å². The molecular formula is C16H26. The Morgan fingerprint density at radius 2 is 1.62 bits per heavy atom. The van der Waals surface area contributed by atoms with Crippen LogP contribution in [0.5, 0.6) is 0 Å². The van der Waals surface area contributed by atoms with Crippen LogP contribution in [0, 0.1) is 0 Å². The van der Waals surface area contributed by atoms with Gasteiger partial charge in [0.2, 0.25) is 0 Å². The first kappa shape index (κ1) is 17.1. The molecule has 0 N–H and O–H groups in total. The number of hydrogen-bond acceptors (Lipinski definition) is 0. The molecule has 0 aliphatic heterocycles. The number of rotatable bonds is 2. The Bertz CT molecular complexity index is 371. The maximum absolute atomic E-state index is 3.97. The van der Waals surface area contributed by atoms with E-state index in [0.717, 1.165) is 11.6 Å². The third kappa shape index (κ3) is 5.55. The summed E-state index contributed by atoms with van der Waals surface area (Å²) in [7, 11) is 0. The minimum absolute atomic E-state index is 1.01. The van der Waals surface area contributed by atoms with Gasteiger partial charge in [-0.2, -0.15) is 0 Å². The van der Waals surface area contributed by atoms with Crippen molar-refractivity contribution in [1.29, 1.82) is 0 Å². The van der Waals surface area contributed by atoms with Crippen LogP contribution in [0.25, 0.3) is 12.2 Å². The molecule has 0 nitrogen and oxygen atoms in total. The molecule has 0 atom stereocenters. The smallest absolute Gasteiger partial charge is 0.0158 e. The molecule has 0 saturated heterocycles. The van der Waals surface area contributed by atoms with E-state index in [1.165, 1.54) is 10.8 Å². The summed E-state index contributed by atoms with van der Waals surface area (Å²) in [6.07, 6.45) is 2.92. The summed E-state index contributed by atoms with van der Waals surface area (Å²) in [5.74, 6) is 0. The predicted molar refractivity (Wildman–Crippen MR) is 77.8 cm³/mol. The van der Waals surface area contributed by atoms with Crippen molar-refractivity contribution in [2.45, 2.75) is 41.0 Å². The number of benzene rings is 1. The number of hydrogen-bond donors (Lipinski definition) is 0. The summed E-state index contributed by atoms with van der Waals surface area (Å²) in [5, 5.41) is 2.30. The molecule has 0 radical (unpaired) electrons. The lowest BCUT2D eigenvalue weighted by atomic mass is 10.1. The van der Waals surface area contributed by atoms with Gasteiger partial charge >= 0.3 is 0 Å². The van der Waals surface area contributed by atoms with Crippen LogP contribution >= 0.6 is 0 Å². The first-order chi connectivity index (χ1) is 7.79. The normalized spacial score (nSPS) is 10.1. The summed E-state index contributed by atoms with van der Waals surface area (Å²) in [6.45, 7) is 17.9. The molecule has 1 aromatic rings. The van der Waals surface area contributed by atoms with Gasteiger partial charge in [0.15, 0.2) is 0 Å². The van der Waals surface area contributed by atoms with Gasteiger partial charge in [0.1, 0.15) is 0 Å². The molecule has 0 heteroatoms. The molecule has 0 aliphatic carbocycles. The van der Waals surface area contributed by atoms with E-state index in [-0.39, 0.29) is 0 Å². The van der Waals surface area contributed by atoms with Crippen LogP contribution in [-0.2, 0) is 0 Å². The van der Waals surface area contributed by atoms with E-state index in [1.54, 1.807) is 0 Å². The summed E-state index contributed by atoms with van der Waals surface area (Å²) in [4.78, 5) is 0.